The Morgan fingerprint density at radius 1 is 1.16 bits per heavy atom. The second-order valence-corrected chi connectivity index (χ2v) is 6.67. The Labute approximate surface area is 145 Å². The van der Waals surface area contributed by atoms with Crippen LogP contribution in [0.3, 0.4) is 0 Å². The van der Waals surface area contributed by atoms with Gasteiger partial charge in [-0.3, -0.25) is 4.79 Å². The number of fused-ring (bicyclic) bond motifs is 1. The van der Waals surface area contributed by atoms with Crippen LogP contribution in [0, 0.1) is 0 Å². The minimum Gasteiger partial charge on any atom is -0.419 e. The summed E-state index contributed by atoms with van der Waals surface area (Å²) < 4.78 is 7.67. The number of carbonyl (C=O) groups is 1. The number of amides is 1. The fraction of sp³-hybridized carbons (Fsp3) is 0.316. The molecule has 5 rings (SSSR count). The van der Waals surface area contributed by atoms with Gasteiger partial charge in [-0.2, -0.15) is 0 Å². The number of nitrogens with zero attached hydrogens (tertiary/aromatic N) is 4. The molecule has 1 saturated carbocycles. The molecule has 0 unspecified atom stereocenters. The minimum atomic E-state index is 0.0735. The van der Waals surface area contributed by atoms with E-state index in [1.54, 1.807) is 0 Å². The fourth-order valence-electron chi connectivity index (χ4n) is 3.41. The quantitative estimate of drug-likeness (QED) is 0.736. The van der Waals surface area contributed by atoms with E-state index in [0.717, 1.165) is 37.2 Å². The molecule has 0 spiro atoms. The lowest BCUT2D eigenvalue weighted by Gasteiger charge is -2.18. The van der Waals surface area contributed by atoms with Crippen molar-refractivity contribution in [3.8, 4) is 11.6 Å². The average Bonchev–Trinajstić information content (AvgIpc) is 3.03. The number of hydrogen-bond acceptors (Lipinski definition) is 4. The van der Waals surface area contributed by atoms with Gasteiger partial charge in [0.15, 0.2) is 0 Å². The maximum atomic E-state index is 12.8. The summed E-state index contributed by atoms with van der Waals surface area (Å²) in [6, 6.07) is 11.9. The Hall–Kier alpha value is -2.89. The van der Waals surface area contributed by atoms with Crippen molar-refractivity contribution < 1.29 is 9.21 Å². The molecule has 0 radical (unpaired) electrons. The summed E-state index contributed by atoms with van der Waals surface area (Å²) in [5.41, 5.74) is 3.05. The maximum absolute atomic E-state index is 12.8. The zero-order valence-electron chi connectivity index (χ0n) is 13.8. The molecule has 6 nitrogen and oxygen atoms in total. The molecule has 0 atom stereocenters. The third kappa shape index (κ3) is 2.54. The van der Waals surface area contributed by atoms with Crippen LogP contribution in [0.1, 0.15) is 30.2 Å². The lowest BCUT2D eigenvalue weighted by molar-refractivity contribution is -0.119. The van der Waals surface area contributed by atoms with Crippen LogP contribution >= 0.6 is 0 Å². The molecule has 6 heteroatoms. The number of hydrogen-bond donors (Lipinski definition) is 0. The Balaban J connectivity index is 1.38. The lowest BCUT2D eigenvalue weighted by Crippen LogP contribution is -2.32. The number of carbonyl (C=O) groups excluding carboxylic acids is 1. The van der Waals surface area contributed by atoms with Crippen LogP contribution in [0.25, 0.3) is 11.6 Å². The normalized spacial score (nSPS) is 16.2. The van der Waals surface area contributed by atoms with Gasteiger partial charge in [0, 0.05) is 24.3 Å². The SMILES string of the molecule is O=C(Cn1cccc1-c1nnc(C2CC2)o1)N1CCc2ccccc21. The molecule has 1 aliphatic carbocycles. The zero-order valence-corrected chi connectivity index (χ0v) is 13.8. The summed E-state index contributed by atoms with van der Waals surface area (Å²) in [7, 11) is 0. The maximum Gasteiger partial charge on any atom is 0.264 e. The molecular weight excluding hydrogens is 316 g/mol. The van der Waals surface area contributed by atoms with Crippen LogP contribution in [0.5, 0.6) is 0 Å². The summed E-state index contributed by atoms with van der Waals surface area (Å²) in [6.45, 7) is 0.999. The summed E-state index contributed by atoms with van der Waals surface area (Å²) in [5, 5.41) is 8.30. The summed E-state index contributed by atoms with van der Waals surface area (Å²) in [5.74, 6) is 1.70. The molecule has 2 aliphatic rings. The van der Waals surface area contributed by atoms with Crippen molar-refractivity contribution in [3.63, 3.8) is 0 Å². The van der Waals surface area contributed by atoms with E-state index < -0.39 is 0 Å². The van der Waals surface area contributed by atoms with Crippen molar-refractivity contribution in [3.05, 3.63) is 54.0 Å². The van der Waals surface area contributed by atoms with E-state index in [4.69, 9.17) is 4.42 Å². The van der Waals surface area contributed by atoms with E-state index in [2.05, 4.69) is 16.3 Å². The standard InChI is InChI=1S/C19H18N4O2/c24-17(23-11-9-13-4-1-2-5-15(13)23)12-22-10-3-6-16(22)19-21-20-18(25-19)14-7-8-14/h1-6,10,14H,7-9,11-12H2. The molecular formula is C19H18N4O2. The molecule has 1 aliphatic heterocycles. The zero-order chi connectivity index (χ0) is 16.8. The highest BCUT2D eigenvalue weighted by Crippen LogP contribution is 2.40. The average molecular weight is 334 g/mol. The Bertz CT molecular complexity index is 938. The predicted octanol–water partition coefficient (Wildman–Crippen LogP) is 3.00. The summed E-state index contributed by atoms with van der Waals surface area (Å²) in [4.78, 5) is 14.7. The molecule has 2 aromatic heterocycles. The number of anilines is 1. The van der Waals surface area contributed by atoms with Gasteiger partial charge in [0.1, 0.15) is 12.2 Å². The highest BCUT2D eigenvalue weighted by Gasteiger charge is 2.30. The van der Waals surface area contributed by atoms with Crippen molar-refractivity contribution in [2.45, 2.75) is 31.7 Å². The fourth-order valence-corrected chi connectivity index (χ4v) is 3.41. The molecule has 0 saturated heterocycles. The molecule has 25 heavy (non-hydrogen) atoms. The third-order valence-electron chi connectivity index (χ3n) is 4.91. The van der Waals surface area contributed by atoms with Crippen LogP contribution in [0.4, 0.5) is 5.69 Å². The van der Waals surface area contributed by atoms with Gasteiger partial charge in [-0.1, -0.05) is 18.2 Å². The van der Waals surface area contributed by atoms with Crippen LogP contribution in [0.15, 0.2) is 47.0 Å². The molecule has 1 amide bonds. The topological polar surface area (TPSA) is 64.2 Å². The number of aromatic nitrogens is 3. The van der Waals surface area contributed by atoms with E-state index in [1.807, 2.05) is 46.0 Å². The van der Waals surface area contributed by atoms with Crippen molar-refractivity contribution in [2.24, 2.45) is 0 Å². The van der Waals surface area contributed by atoms with Gasteiger partial charge in [-0.15, -0.1) is 10.2 Å². The molecule has 126 valence electrons. The molecule has 0 bridgehead atoms. The highest BCUT2D eigenvalue weighted by molar-refractivity contribution is 5.95. The van der Waals surface area contributed by atoms with Crippen LogP contribution in [0.2, 0.25) is 0 Å². The van der Waals surface area contributed by atoms with Gasteiger partial charge in [0.25, 0.3) is 5.89 Å². The molecule has 3 aromatic rings. The highest BCUT2D eigenvalue weighted by atomic mass is 16.4. The van der Waals surface area contributed by atoms with Crippen molar-refractivity contribution >= 4 is 11.6 Å². The van der Waals surface area contributed by atoms with Crippen LogP contribution in [-0.2, 0) is 17.8 Å². The Morgan fingerprint density at radius 3 is 2.92 bits per heavy atom. The first kappa shape index (κ1) is 14.5. The first-order valence-electron chi connectivity index (χ1n) is 8.67. The number of benzene rings is 1. The molecule has 1 aromatic carbocycles. The van der Waals surface area contributed by atoms with Gasteiger partial charge < -0.3 is 13.9 Å². The van der Waals surface area contributed by atoms with Gasteiger partial charge in [-0.25, -0.2) is 0 Å². The van der Waals surface area contributed by atoms with Crippen LogP contribution < -0.4 is 4.90 Å². The largest absolute Gasteiger partial charge is 0.419 e. The predicted molar refractivity (Wildman–Crippen MR) is 92.2 cm³/mol. The second kappa shape index (κ2) is 5.58. The monoisotopic (exact) mass is 334 g/mol. The van der Waals surface area contributed by atoms with E-state index in [-0.39, 0.29) is 12.5 Å². The van der Waals surface area contributed by atoms with Crippen molar-refractivity contribution in [1.29, 1.82) is 0 Å². The van der Waals surface area contributed by atoms with Crippen molar-refractivity contribution in [2.75, 3.05) is 11.4 Å². The van der Waals surface area contributed by atoms with Gasteiger partial charge in [0.2, 0.25) is 11.8 Å². The lowest BCUT2D eigenvalue weighted by atomic mass is 10.2. The Morgan fingerprint density at radius 2 is 2.04 bits per heavy atom. The van der Waals surface area contributed by atoms with E-state index in [1.165, 1.54) is 5.56 Å². The summed E-state index contributed by atoms with van der Waals surface area (Å²) >= 11 is 0. The van der Waals surface area contributed by atoms with Crippen molar-refractivity contribution in [1.82, 2.24) is 14.8 Å². The van der Waals surface area contributed by atoms with Gasteiger partial charge in [-0.05, 0) is 43.0 Å². The second-order valence-electron chi connectivity index (χ2n) is 6.67. The summed E-state index contributed by atoms with van der Waals surface area (Å²) in [6.07, 6.45) is 5.04. The number of rotatable bonds is 4. The van der Waals surface area contributed by atoms with E-state index in [9.17, 15) is 4.79 Å². The molecule has 0 N–H and O–H groups in total. The first-order valence-corrected chi connectivity index (χ1v) is 8.67. The van der Waals surface area contributed by atoms with Crippen LogP contribution in [-0.4, -0.2) is 27.2 Å². The smallest absolute Gasteiger partial charge is 0.264 e. The Kier molecular flexibility index (Phi) is 3.23. The van der Waals surface area contributed by atoms with Gasteiger partial charge >= 0.3 is 0 Å². The van der Waals surface area contributed by atoms with E-state index >= 15 is 0 Å². The molecule has 1 fully saturated rings. The third-order valence-corrected chi connectivity index (χ3v) is 4.91. The number of para-hydroxylation sites is 1. The van der Waals surface area contributed by atoms with E-state index in [0.29, 0.717) is 17.7 Å². The first-order chi connectivity index (χ1) is 12.3. The minimum absolute atomic E-state index is 0.0735. The molecule has 3 heterocycles. The van der Waals surface area contributed by atoms with Gasteiger partial charge in [0.05, 0.1) is 0 Å².